The lowest BCUT2D eigenvalue weighted by Gasteiger charge is -2.19. The van der Waals surface area contributed by atoms with Crippen LogP contribution < -0.4 is 5.32 Å². The molecule has 0 radical (unpaired) electrons. The van der Waals surface area contributed by atoms with Crippen LogP contribution in [0.25, 0.3) is 0 Å². The van der Waals surface area contributed by atoms with Gasteiger partial charge in [0.15, 0.2) is 11.6 Å². The molecule has 7 heteroatoms. The Kier molecular flexibility index (Phi) is 6.91. The molecule has 1 amide bonds. The third-order valence-corrected chi connectivity index (χ3v) is 3.90. The van der Waals surface area contributed by atoms with Crippen LogP contribution in [0.1, 0.15) is 53.5 Å². The zero-order valence-corrected chi connectivity index (χ0v) is 16.6. The van der Waals surface area contributed by atoms with E-state index >= 15 is 0 Å². The monoisotopic (exact) mass is 405 g/mol. The van der Waals surface area contributed by atoms with Crippen molar-refractivity contribution < 1.29 is 23.5 Å². The summed E-state index contributed by atoms with van der Waals surface area (Å²) in [7, 11) is 0. The molecule has 0 saturated heterocycles. The number of benzene rings is 2. The van der Waals surface area contributed by atoms with Crippen LogP contribution in [-0.2, 0) is 4.74 Å². The van der Waals surface area contributed by atoms with Crippen LogP contribution in [0.15, 0.2) is 42.5 Å². The maximum Gasteiger partial charge on any atom is 0.407 e. The minimum absolute atomic E-state index is 0.0138. The first-order valence-corrected chi connectivity index (χ1v) is 9.05. The summed E-state index contributed by atoms with van der Waals surface area (Å²) in [6.07, 6.45) is -0.697. The minimum Gasteiger partial charge on any atom is -0.444 e. The molecular formula is C21H21ClFNO4. The van der Waals surface area contributed by atoms with Gasteiger partial charge in [0.25, 0.3) is 0 Å². The van der Waals surface area contributed by atoms with E-state index < -0.39 is 23.3 Å². The standard InChI is InChI=1S/C21H21ClFNO4/c1-21(2,3)28-20(27)24-11-10-18(25)14-9-8-13(22)12-16(14)19(26)15-6-4-5-7-17(15)23/h4-9,12H,10-11H2,1-3H3,(H,24,27). The number of hydrogen-bond acceptors (Lipinski definition) is 4. The second-order valence-corrected chi connectivity index (χ2v) is 7.54. The number of rotatable bonds is 6. The predicted molar refractivity (Wildman–Crippen MR) is 104 cm³/mol. The quantitative estimate of drug-likeness (QED) is 0.700. The van der Waals surface area contributed by atoms with Crippen molar-refractivity contribution in [2.24, 2.45) is 0 Å². The van der Waals surface area contributed by atoms with Crippen LogP contribution in [0.4, 0.5) is 9.18 Å². The van der Waals surface area contributed by atoms with Crippen molar-refractivity contribution in [2.45, 2.75) is 32.8 Å². The van der Waals surface area contributed by atoms with Gasteiger partial charge in [-0.1, -0.05) is 23.7 Å². The zero-order chi connectivity index (χ0) is 20.9. The van der Waals surface area contributed by atoms with Crippen molar-refractivity contribution in [3.8, 4) is 0 Å². The second-order valence-electron chi connectivity index (χ2n) is 7.10. The summed E-state index contributed by atoms with van der Waals surface area (Å²) in [5.74, 6) is -1.70. The predicted octanol–water partition coefficient (Wildman–Crippen LogP) is 4.81. The SMILES string of the molecule is CC(C)(C)OC(=O)NCCC(=O)c1ccc(Cl)cc1C(=O)c1ccccc1F. The Bertz CT molecular complexity index is 906. The number of alkyl carbamates (subject to hydrolysis) is 1. The number of carbonyl (C=O) groups is 3. The van der Waals surface area contributed by atoms with Gasteiger partial charge in [-0.05, 0) is 51.1 Å². The summed E-state index contributed by atoms with van der Waals surface area (Å²) >= 11 is 5.97. The lowest BCUT2D eigenvalue weighted by molar-refractivity contribution is 0.0527. The number of carbonyl (C=O) groups excluding carboxylic acids is 3. The molecule has 2 aromatic rings. The Labute approximate surface area is 167 Å². The summed E-state index contributed by atoms with van der Waals surface area (Å²) in [5, 5.41) is 2.74. The summed E-state index contributed by atoms with van der Waals surface area (Å²) in [4.78, 5) is 37.0. The Hall–Kier alpha value is -2.73. The molecule has 0 bridgehead atoms. The molecule has 0 unspecified atom stereocenters. The first-order valence-electron chi connectivity index (χ1n) is 8.67. The molecule has 0 heterocycles. The number of halogens is 2. The summed E-state index contributed by atoms with van der Waals surface area (Å²) in [6, 6.07) is 9.76. The lowest BCUT2D eigenvalue weighted by Crippen LogP contribution is -2.33. The summed E-state index contributed by atoms with van der Waals surface area (Å²) in [5.41, 5.74) is -0.668. The molecule has 1 N–H and O–H groups in total. The van der Waals surface area contributed by atoms with E-state index in [-0.39, 0.29) is 40.5 Å². The first-order chi connectivity index (χ1) is 13.1. The molecule has 0 saturated carbocycles. The van der Waals surface area contributed by atoms with E-state index in [1.165, 1.54) is 42.5 Å². The van der Waals surface area contributed by atoms with Gasteiger partial charge in [0.2, 0.25) is 0 Å². The lowest BCUT2D eigenvalue weighted by atomic mass is 9.94. The van der Waals surface area contributed by atoms with Gasteiger partial charge < -0.3 is 10.1 Å². The number of ether oxygens (including phenoxy) is 1. The van der Waals surface area contributed by atoms with Gasteiger partial charge in [-0.2, -0.15) is 0 Å². The molecule has 0 aliphatic carbocycles. The van der Waals surface area contributed by atoms with Gasteiger partial charge in [-0.3, -0.25) is 9.59 Å². The molecule has 5 nitrogen and oxygen atoms in total. The molecule has 0 aromatic heterocycles. The van der Waals surface area contributed by atoms with Crippen LogP contribution in [0, 0.1) is 5.82 Å². The average molecular weight is 406 g/mol. The number of ketones is 2. The zero-order valence-electron chi connectivity index (χ0n) is 15.8. The number of Topliss-reactive ketones (excluding diaryl/α,β-unsaturated/α-hetero) is 1. The van der Waals surface area contributed by atoms with E-state index in [9.17, 15) is 18.8 Å². The Morgan fingerprint density at radius 2 is 1.71 bits per heavy atom. The van der Waals surface area contributed by atoms with Crippen molar-refractivity contribution in [3.05, 3.63) is 70.0 Å². The fourth-order valence-corrected chi connectivity index (χ4v) is 2.64. The highest BCUT2D eigenvalue weighted by molar-refractivity contribution is 6.31. The van der Waals surface area contributed by atoms with Gasteiger partial charge in [0, 0.05) is 29.1 Å². The molecule has 2 rings (SSSR count). The van der Waals surface area contributed by atoms with E-state index in [0.29, 0.717) is 0 Å². The van der Waals surface area contributed by atoms with Crippen molar-refractivity contribution in [3.63, 3.8) is 0 Å². The van der Waals surface area contributed by atoms with E-state index in [2.05, 4.69) is 5.32 Å². The summed E-state index contributed by atoms with van der Waals surface area (Å²) < 4.78 is 19.1. The minimum atomic E-state index is -0.683. The second kappa shape index (κ2) is 8.97. The van der Waals surface area contributed by atoms with Gasteiger partial charge >= 0.3 is 6.09 Å². The molecule has 0 aliphatic rings. The smallest absolute Gasteiger partial charge is 0.407 e. The average Bonchev–Trinajstić information content (AvgIpc) is 2.59. The third-order valence-electron chi connectivity index (χ3n) is 3.67. The van der Waals surface area contributed by atoms with Gasteiger partial charge in [-0.15, -0.1) is 0 Å². The molecule has 0 spiro atoms. The topological polar surface area (TPSA) is 72.5 Å². The van der Waals surface area contributed by atoms with Crippen molar-refractivity contribution >= 4 is 29.3 Å². The largest absolute Gasteiger partial charge is 0.444 e. The van der Waals surface area contributed by atoms with E-state index in [1.54, 1.807) is 20.8 Å². The first kappa shape index (κ1) is 21.6. The fourth-order valence-electron chi connectivity index (χ4n) is 2.46. The number of amides is 1. The van der Waals surface area contributed by atoms with E-state index in [4.69, 9.17) is 16.3 Å². The van der Waals surface area contributed by atoms with Gasteiger partial charge in [0.1, 0.15) is 11.4 Å². The Morgan fingerprint density at radius 3 is 2.36 bits per heavy atom. The normalized spacial score (nSPS) is 11.0. The number of nitrogens with one attached hydrogen (secondary N) is 1. The highest BCUT2D eigenvalue weighted by Crippen LogP contribution is 2.22. The molecule has 148 valence electrons. The van der Waals surface area contributed by atoms with Crippen LogP contribution in [0.3, 0.4) is 0 Å². The van der Waals surface area contributed by atoms with Crippen molar-refractivity contribution in [1.82, 2.24) is 5.32 Å². The number of hydrogen-bond donors (Lipinski definition) is 1. The van der Waals surface area contributed by atoms with Crippen LogP contribution in [-0.4, -0.2) is 29.8 Å². The molecule has 28 heavy (non-hydrogen) atoms. The summed E-state index contributed by atoms with van der Waals surface area (Å²) in [6.45, 7) is 5.22. The Balaban J connectivity index is 2.15. The maximum atomic E-state index is 14.0. The molecule has 0 atom stereocenters. The van der Waals surface area contributed by atoms with Crippen LogP contribution in [0.2, 0.25) is 5.02 Å². The van der Waals surface area contributed by atoms with Crippen LogP contribution >= 0.6 is 11.6 Å². The van der Waals surface area contributed by atoms with Crippen LogP contribution in [0.5, 0.6) is 0 Å². The highest BCUT2D eigenvalue weighted by atomic mass is 35.5. The molecule has 0 fully saturated rings. The maximum absolute atomic E-state index is 14.0. The van der Waals surface area contributed by atoms with Crippen molar-refractivity contribution in [1.29, 1.82) is 0 Å². The molecular weight excluding hydrogens is 385 g/mol. The molecule has 2 aromatic carbocycles. The highest BCUT2D eigenvalue weighted by Gasteiger charge is 2.21. The van der Waals surface area contributed by atoms with Gasteiger partial charge in [0.05, 0.1) is 5.56 Å². The van der Waals surface area contributed by atoms with E-state index in [0.717, 1.165) is 0 Å². The fraction of sp³-hybridized carbons (Fsp3) is 0.286. The van der Waals surface area contributed by atoms with E-state index in [1.807, 2.05) is 0 Å². The van der Waals surface area contributed by atoms with Gasteiger partial charge in [-0.25, -0.2) is 9.18 Å². The molecule has 0 aliphatic heterocycles. The Morgan fingerprint density at radius 1 is 1.04 bits per heavy atom. The van der Waals surface area contributed by atoms with Crippen molar-refractivity contribution in [2.75, 3.05) is 6.54 Å². The third kappa shape index (κ3) is 5.89.